The van der Waals surface area contributed by atoms with E-state index in [2.05, 4.69) is 15.2 Å². The Morgan fingerprint density at radius 2 is 1.61 bits per heavy atom. The highest BCUT2D eigenvalue weighted by molar-refractivity contribution is 5.95. The Morgan fingerprint density at radius 3 is 2.25 bits per heavy atom. The minimum atomic E-state index is -3.79. The van der Waals surface area contributed by atoms with Gasteiger partial charge in [-0.2, -0.15) is 0 Å². The van der Waals surface area contributed by atoms with Crippen LogP contribution in [0.15, 0.2) is 119 Å². The second-order valence-corrected chi connectivity index (χ2v) is 10.3. The summed E-state index contributed by atoms with van der Waals surface area (Å²) < 4.78 is 36.8. The summed E-state index contributed by atoms with van der Waals surface area (Å²) in [6.45, 7) is 0.422. The van der Waals surface area contributed by atoms with E-state index in [9.17, 15) is 18.4 Å². The van der Waals surface area contributed by atoms with Crippen molar-refractivity contribution in [3.05, 3.63) is 114 Å². The summed E-state index contributed by atoms with van der Waals surface area (Å²) in [5.74, 6) is -0.0573. The third-order valence-electron chi connectivity index (χ3n) is 7.40. The fourth-order valence-corrected chi connectivity index (χ4v) is 5.28. The molecule has 44 heavy (non-hydrogen) atoms. The van der Waals surface area contributed by atoms with Gasteiger partial charge < -0.3 is 24.6 Å². The highest BCUT2D eigenvalue weighted by Gasteiger charge is 2.46. The zero-order valence-corrected chi connectivity index (χ0v) is 24.1. The number of quaternary nitrogens is 1. The number of carbonyl (C=O) groups excluding carboxylic acids is 2. The van der Waals surface area contributed by atoms with Gasteiger partial charge in [-0.25, -0.2) is 4.79 Å². The average Bonchev–Trinajstić information content (AvgIpc) is 3.53. The Labute approximate surface area is 252 Å². The summed E-state index contributed by atoms with van der Waals surface area (Å²) in [6.07, 6.45) is 2.20. The van der Waals surface area contributed by atoms with E-state index in [0.717, 1.165) is 0 Å². The van der Waals surface area contributed by atoms with Gasteiger partial charge in [0.2, 0.25) is 0 Å². The third kappa shape index (κ3) is 5.05. The number of anilines is 3. The zero-order valence-electron chi connectivity index (χ0n) is 24.1. The number of para-hydroxylation sites is 2. The molecule has 224 valence electrons. The molecule has 0 spiro atoms. The average molecular weight is 600 g/mol. The molecule has 0 radical (unpaired) electrons. The minimum Gasteiger partial charge on any atom is -0.395 e. The van der Waals surface area contributed by atoms with Crippen molar-refractivity contribution in [2.75, 3.05) is 37.5 Å². The van der Waals surface area contributed by atoms with E-state index in [-0.39, 0.29) is 17.4 Å². The number of nitrogens with zero attached hydrogens (tertiary/aromatic N) is 5. The van der Waals surface area contributed by atoms with Gasteiger partial charge >= 0.3 is 12.7 Å². The number of benzene rings is 3. The molecule has 3 aliphatic rings. The molecule has 0 unspecified atom stereocenters. The van der Waals surface area contributed by atoms with Gasteiger partial charge in [0.05, 0.1) is 17.1 Å². The first-order valence-electron chi connectivity index (χ1n) is 13.7. The minimum absolute atomic E-state index is 0.0937. The summed E-state index contributed by atoms with van der Waals surface area (Å²) in [4.78, 5) is 31.2. The molecule has 2 amide bonds. The van der Waals surface area contributed by atoms with Crippen LogP contribution in [0.25, 0.3) is 0 Å². The molecular formula is C32H29F2N6O4+. The predicted octanol–water partition coefficient (Wildman–Crippen LogP) is 4.88. The Balaban J connectivity index is 1.61. The first kappa shape index (κ1) is 28.6. The van der Waals surface area contributed by atoms with Gasteiger partial charge in [-0.15, -0.1) is 8.78 Å². The number of amides is 2. The number of fused-ring (bicyclic) bond motifs is 1. The number of rotatable bonds is 8. The molecule has 10 nitrogen and oxygen atoms in total. The van der Waals surface area contributed by atoms with Crippen molar-refractivity contribution in [1.29, 1.82) is 0 Å². The van der Waals surface area contributed by atoms with Crippen LogP contribution < -0.4 is 24.6 Å². The van der Waals surface area contributed by atoms with Gasteiger partial charge in [0, 0.05) is 32.4 Å². The van der Waals surface area contributed by atoms with Crippen LogP contribution in [0.5, 0.6) is 11.5 Å². The van der Waals surface area contributed by atoms with Crippen LogP contribution in [0.1, 0.15) is 0 Å². The predicted molar refractivity (Wildman–Crippen MR) is 161 cm³/mol. The number of allylic oxidation sites excluding steroid dienone is 2. The number of nitrogens with one attached hydrogen (secondary N) is 1. The van der Waals surface area contributed by atoms with Crippen LogP contribution in [0, 0.1) is 0 Å². The molecule has 0 saturated carbocycles. The van der Waals surface area contributed by atoms with Crippen LogP contribution in [0.4, 0.5) is 25.8 Å². The lowest BCUT2D eigenvalue weighted by molar-refractivity contribution is -0.790. The van der Waals surface area contributed by atoms with E-state index < -0.39 is 10.9 Å². The largest absolute Gasteiger partial charge is 0.586 e. The number of hydrogen-bond donors (Lipinski definition) is 1. The van der Waals surface area contributed by atoms with Crippen LogP contribution in [-0.4, -0.2) is 62.0 Å². The van der Waals surface area contributed by atoms with Gasteiger partial charge in [0.15, 0.2) is 17.2 Å². The van der Waals surface area contributed by atoms with Crippen LogP contribution in [0.2, 0.25) is 0 Å². The smallest absolute Gasteiger partial charge is 0.395 e. The zero-order chi connectivity index (χ0) is 31.1. The van der Waals surface area contributed by atoms with E-state index in [4.69, 9.17) is 4.74 Å². The topological polar surface area (TPSA) is 86.7 Å². The van der Waals surface area contributed by atoms with Crippen molar-refractivity contribution in [2.24, 2.45) is 5.10 Å². The number of carbonyl (C=O) groups is 2. The maximum atomic E-state index is 14.0. The van der Waals surface area contributed by atoms with E-state index in [1.807, 2.05) is 83.6 Å². The molecule has 3 heterocycles. The van der Waals surface area contributed by atoms with Crippen molar-refractivity contribution in [3.8, 4) is 11.5 Å². The fraction of sp³-hybridized carbons (Fsp3) is 0.156. The Bertz CT molecular complexity index is 1740. The van der Waals surface area contributed by atoms with E-state index in [0.29, 0.717) is 52.9 Å². The number of ether oxygens (including phenoxy) is 2. The fourth-order valence-electron chi connectivity index (χ4n) is 5.28. The molecule has 3 aromatic carbocycles. The molecule has 1 N–H and O–H groups in total. The molecular weight excluding hydrogens is 570 g/mol. The molecule has 6 rings (SSSR count). The molecule has 3 aromatic rings. The van der Waals surface area contributed by atoms with Gasteiger partial charge in [0.1, 0.15) is 19.0 Å². The first-order chi connectivity index (χ1) is 21.1. The van der Waals surface area contributed by atoms with Gasteiger partial charge in [-0.05, 0) is 48.6 Å². The maximum absolute atomic E-state index is 14.0. The summed E-state index contributed by atoms with van der Waals surface area (Å²) in [7, 11) is 5.02. The van der Waals surface area contributed by atoms with E-state index >= 15 is 0 Å². The van der Waals surface area contributed by atoms with E-state index in [1.165, 1.54) is 12.1 Å². The molecule has 0 saturated heterocycles. The van der Waals surface area contributed by atoms with Crippen molar-refractivity contribution >= 4 is 35.6 Å². The summed E-state index contributed by atoms with van der Waals surface area (Å²) in [6, 6.07) is 23.1. The molecule has 3 aliphatic heterocycles. The lowest BCUT2D eigenvalue weighted by Crippen LogP contribution is -2.44. The normalized spacial score (nSPS) is 19.8. The van der Waals surface area contributed by atoms with Crippen molar-refractivity contribution in [3.63, 3.8) is 0 Å². The van der Waals surface area contributed by atoms with Gasteiger partial charge in [-0.3, -0.25) is 9.69 Å². The SMILES string of the molecule is CNC(=O)C1=CC(N(C2=C(N(c3ccccc3)c3ccc4c(c3)OC(F)(F)O4)C=N[N@@+]2(C)C=O)c2ccccc2)=CCN1C. The Kier molecular flexibility index (Phi) is 7.14. The van der Waals surface area contributed by atoms with Gasteiger partial charge in [-0.1, -0.05) is 46.1 Å². The Morgan fingerprint density at radius 1 is 0.977 bits per heavy atom. The van der Waals surface area contributed by atoms with E-state index in [1.54, 1.807) is 37.4 Å². The third-order valence-corrected chi connectivity index (χ3v) is 7.40. The van der Waals surface area contributed by atoms with Crippen LogP contribution in [0.3, 0.4) is 0 Å². The summed E-state index contributed by atoms with van der Waals surface area (Å²) in [5.41, 5.74) is 3.39. The monoisotopic (exact) mass is 599 g/mol. The molecule has 0 fully saturated rings. The molecule has 0 aromatic heterocycles. The number of halogens is 2. The Hall–Kier alpha value is -5.49. The quantitative estimate of drug-likeness (QED) is 0.292. The molecule has 0 aliphatic carbocycles. The number of alkyl halides is 2. The summed E-state index contributed by atoms with van der Waals surface area (Å²) >= 11 is 0. The summed E-state index contributed by atoms with van der Waals surface area (Å²) in [5, 5.41) is 7.30. The van der Waals surface area contributed by atoms with Crippen molar-refractivity contribution < 1.29 is 32.4 Å². The lowest BCUT2D eigenvalue weighted by Gasteiger charge is -2.35. The standard InChI is InChI=1S/C32H28F2N6O4/c1-35-30(42)26-18-25(16-17-37(26)2)39(23-12-8-5-9-13-23)31-27(20-36-40(31,3)21-41)38(22-10-6-4-7-11-22)24-14-15-28-29(19-24)44-32(33,34)43-28/h4-16,18-21H,17H2,1-3H3/p+1/t40-/m0/s1. The lowest BCUT2D eigenvalue weighted by atomic mass is 10.1. The second-order valence-electron chi connectivity index (χ2n) is 10.3. The molecule has 0 bridgehead atoms. The van der Waals surface area contributed by atoms with Crippen LogP contribution >= 0.6 is 0 Å². The van der Waals surface area contributed by atoms with Crippen LogP contribution in [-0.2, 0) is 9.59 Å². The number of likely N-dealkylation sites (N-methyl/N-ethyl adjacent to an activating group) is 2. The maximum Gasteiger partial charge on any atom is 0.586 e. The number of hydrogen-bond acceptors (Lipinski definition) is 8. The van der Waals surface area contributed by atoms with Crippen molar-refractivity contribution in [2.45, 2.75) is 6.29 Å². The highest BCUT2D eigenvalue weighted by Crippen LogP contribution is 2.46. The second kappa shape index (κ2) is 11.0. The van der Waals surface area contributed by atoms with Gasteiger partial charge in [0.25, 0.3) is 11.7 Å². The first-order valence-corrected chi connectivity index (χ1v) is 13.7. The molecule has 1 atom stereocenters. The highest BCUT2D eigenvalue weighted by atomic mass is 19.3. The molecule has 12 heteroatoms. The van der Waals surface area contributed by atoms with Crippen molar-refractivity contribution in [1.82, 2.24) is 10.2 Å².